The summed E-state index contributed by atoms with van der Waals surface area (Å²) in [5.41, 5.74) is 5.95. The highest BCUT2D eigenvalue weighted by Crippen LogP contribution is 2.26. The van der Waals surface area contributed by atoms with Gasteiger partial charge in [0.25, 0.3) is 0 Å². The number of rotatable bonds is 3. The quantitative estimate of drug-likeness (QED) is 0.579. The molecule has 0 bridgehead atoms. The lowest BCUT2D eigenvalue weighted by Crippen LogP contribution is -1.99. The van der Waals surface area contributed by atoms with E-state index in [4.69, 9.17) is 0 Å². The molecule has 0 saturated carbocycles. The van der Waals surface area contributed by atoms with E-state index in [-0.39, 0.29) is 0 Å². The van der Waals surface area contributed by atoms with Gasteiger partial charge in [0.1, 0.15) is 0 Å². The summed E-state index contributed by atoms with van der Waals surface area (Å²) in [6.45, 7) is 19.3. The van der Waals surface area contributed by atoms with E-state index in [9.17, 15) is 0 Å². The lowest BCUT2D eigenvalue weighted by Gasteiger charge is -2.16. The lowest BCUT2D eigenvalue weighted by atomic mass is 9.89. The molecule has 106 valence electrons. The second-order valence-corrected chi connectivity index (χ2v) is 4.29. The van der Waals surface area contributed by atoms with Crippen molar-refractivity contribution >= 4 is 0 Å². The van der Waals surface area contributed by atoms with Crippen molar-refractivity contribution in [3.05, 3.63) is 34.4 Å². The zero-order chi connectivity index (χ0) is 14.7. The summed E-state index contributed by atoms with van der Waals surface area (Å²) in [5.74, 6) is 0.695. The van der Waals surface area contributed by atoms with E-state index >= 15 is 0 Å². The van der Waals surface area contributed by atoms with Crippen molar-refractivity contribution < 1.29 is 0 Å². The molecular weight excluding hydrogens is 216 g/mol. The fraction of sp³-hybridized carbons (Fsp3) is 0.667. The summed E-state index contributed by atoms with van der Waals surface area (Å²) < 4.78 is 0. The lowest BCUT2D eigenvalue weighted by molar-refractivity contribution is 0.725. The highest BCUT2D eigenvalue weighted by atomic mass is 14.1. The maximum atomic E-state index is 2.39. The summed E-state index contributed by atoms with van der Waals surface area (Å²) in [5, 5.41) is 0. The molecule has 0 spiro atoms. The molecule has 0 heteroatoms. The van der Waals surface area contributed by atoms with Gasteiger partial charge in [-0.3, -0.25) is 0 Å². The van der Waals surface area contributed by atoms with Gasteiger partial charge in [0.05, 0.1) is 0 Å². The van der Waals surface area contributed by atoms with Crippen LogP contribution in [0.25, 0.3) is 0 Å². The van der Waals surface area contributed by atoms with Gasteiger partial charge >= 0.3 is 0 Å². The smallest absolute Gasteiger partial charge is 0.0190 e. The summed E-state index contributed by atoms with van der Waals surface area (Å²) in [6, 6.07) is 4.71. The Hall–Kier alpha value is -0.780. The molecule has 0 aliphatic heterocycles. The van der Waals surface area contributed by atoms with E-state index in [1.165, 1.54) is 23.1 Å². The molecule has 1 aromatic carbocycles. The van der Waals surface area contributed by atoms with Gasteiger partial charge < -0.3 is 0 Å². The van der Waals surface area contributed by atoms with Crippen molar-refractivity contribution in [2.45, 2.75) is 81.1 Å². The largest absolute Gasteiger partial charge is 0.0683 e. The number of aryl methyl sites for hydroxylation is 2. The molecule has 0 heterocycles. The summed E-state index contributed by atoms with van der Waals surface area (Å²) >= 11 is 0. The van der Waals surface area contributed by atoms with Gasteiger partial charge in [0.2, 0.25) is 0 Å². The SMILES string of the molecule is CC.CC.CCc1cc(C)c(C)c(C(C)CC)c1. The first-order chi connectivity index (χ1) is 8.60. The molecule has 0 aliphatic rings. The average molecular weight is 250 g/mol. The minimum Gasteiger partial charge on any atom is -0.0683 e. The van der Waals surface area contributed by atoms with E-state index < -0.39 is 0 Å². The van der Waals surface area contributed by atoms with Gasteiger partial charge in [0.15, 0.2) is 0 Å². The van der Waals surface area contributed by atoms with Crippen LogP contribution in [0, 0.1) is 13.8 Å². The van der Waals surface area contributed by atoms with Crippen molar-refractivity contribution in [3.63, 3.8) is 0 Å². The molecule has 0 amide bonds. The third kappa shape index (κ3) is 5.71. The Bertz CT molecular complexity index is 310. The van der Waals surface area contributed by atoms with Crippen molar-refractivity contribution in [1.82, 2.24) is 0 Å². The molecule has 0 nitrogen and oxygen atoms in total. The van der Waals surface area contributed by atoms with Crippen molar-refractivity contribution in [3.8, 4) is 0 Å². The molecule has 0 aromatic heterocycles. The highest BCUT2D eigenvalue weighted by Gasteiger charge is 2.09. The van der Waals surface area contributed by atoms with Gasteiger partial charge in [-0.1, -0.05) is 60.6 Å². The van der Waals surface area contributed by atoms with Gasteiger partial charge in [0, 0.05) is 0 Å². The van der Waals surface area contributed by atoms with Crippen LogP contribution in [0.5, 0.6) is 0 Å². The number of benzene rings is 1. The molecule has 0 radical (unpaired) electrons. The van der Waals surface area contributed by atoms with Crippen molar-refractivity contribution in [2.75, 3.05) is 0 Å². The number of hydrogen-bond donors (Lipinski definition) is 0. The predicted molar refractivity (Wildman–Crippen MR) is 86.7 cm³/mol. The Morgan fingerprint density at radius 3 is 1.83 bits per heavy atom. The molecule has 0 saturated heterocycles. The van der Waals surface area contributed by atoms with E-state index in [1.807, 2.05) is 27.7 Å². The topological polar surface area (TPSA) is 0 Å². The Morgan fingerprint density at radius 2 is 1.44 bits per heavy atom. The zero-order valence-electron chi connectivity index (χ0n) is 14.1. The molecular formula is C18H34. The first-order valence-electron chi connectivity index (χ1n) is 7.70. The van der Waals surface area contributed by atoms with E-state index in [0.717, 1.165) is 6.42 Å². The van der Waals surface area contributed by atoms with Gasteiger partial charge in [-0.05, 0) is 54.9 Å². The van der Waals surface area contributed by atoms with Crippen molar-refractivity contribution in [1.29, 1.82) is 0 Å². The minimum absolute atomic E-state index is 0.695. The van der Waals surface area contributed by atoms with E-state index in [2.05, 4.69) is 46.8 Å². The maximum absolute atomic E-state index is 2.39. The van der Waals surface area contributed by atoms with Crippen LogP contribution in [0.2, 0.25) is 0 Å². The van der Waals surface area contributed by atoms with E-state index in [1.54, 1.807) is 5.56 Å². The molecule has 0 fully saturated rings. The van der Waals surface area contributed by atoms with Crippen LogP contribution in [-0.4, -0.2) is 0 Å². The average Bonchev–Trinajstić information content (AvgIpc) is 2.45. The summed E-state index contributed by atoms with van der Waals surface area (Å²) in [7, 11) is 0. The molecule has 1 aromatic rings. The Kier molecular flexibility index (Phi) is 12.3. The zero-order valence-corrected chi connectivity index (χ0v) is 14.1. The standard InChI is InChI=1S/C14H22.2C2H6/c1-6-10(3)14-9-13(7-2)8-11(4)12(14)5;2*1-2/h8-10H,6-7H2,1-5H3;2*1-2H3. The molecule has 1 atom stereocenters. The fourth-order valence-corrected chi connectivity index (χ4v) is 1.90. The van der Waals surface area contributed by atoms with Gasteiger partial charge in [-0.2, -0.15) is 0 Å². The van der Waals surface area contributed by atoms with Crippen LogP contribution in [0.1, 0.15) is 83.1 Å². The van der Waals surface area contributed by atoms with Crippen LogP contribution in [0.4, 0.5) is 0 Å². The van der Waals surface area contributed by atoms with Gasteiger partial charge in [-0.25, -0.2) is 0 Å². The third-order valence-electron chi connectivity index (χ3n) is 3.32. The molecule has 0 aliphatic carbocycles. The fourth-order valence-electron chi connectivity index (χ4n) is 1.90. The highest BCUT2D eigenvalue weighted by molar-refractivity contribution is 5.39. The maximum Gasteiger partial charge on any atom is -0.0190 e. The predicted octanol–water partition coefficient (Wildman–Crippen LogP) is 6.43. The second kappa shape index (κ2) is 11.3. The Morgan fingerprint density at radius 1 is 0.944 bits per heavy atom. The van der Waals surface area contributed by atoms with Crippen LogP contribution in [0.15, 0.2) is 12.1 Å². The first-order valence-corrected chi connectivity index (χ1v) is 7.70. The Labute approximate surface area is 116 Å². The third-order valence-corrected chi connectivity index (χ3v) is 3.32. The van der Waals surface area contributed by atoms with Crippen LogP contribution in [0.3, 0.4) is 0 Å². The van der Waals surface area contributed by atoms with Crippen LogP contribution < -0.4 is 0 Å². The summed E-state index contributed by atoms with van der Waals surface area (Å²) in [4.78, 5) is 0. The molecule has 18 heavy (non-hydrogen) atoms. The normalized spacial score (nSPS) is 10.7. The van der Waals surface area contributed by atoms with Crippen LogP contribution in [-0.2, 0) is 6.42 Å². The Balaban J connectivity index is 0. The molecule has 0 N–H and O–H groups in total. The minimum atomic E-state index is 0.695. The first kappa shape index (κ1) is 19.6. The van der Waals surface area contributed by atoms with E-state index in [0.29, 0.717) is 5.92 Å². The van der Waals surface area contributed by atoms with Gasteiger partial charge in [-0.15, -0.1) is 0 Å². The molecule has 1 unspecified atom stereocenters. The number of hydrogen-bond acceptors (Lipinski definition) is 0. The van der Waals surface area contributed by atoms with Crippen molar-refractivity contribution in [2.24, 2.45) is 0 Å². The molecule has 1 rings (SSSR count). The van der Waals surface area contributed by atoms with Crippen LogP contribution >= 0.6 is 0 Å². The second-order valence-electron chi connectivity index (χ2n) is 4.29. The monoisotopic (exact) mass is 250 g/mol. The summed E-state index contributed by atoms with van der Waals surface area (Å²) in [6.07, 6.45) is 2.37.